The molecule has 1 aromatic carbocycles. The number of hydrogen-bond acceptors (Lipinski definition) is 9. The highest BCUT2D eigenvalue weighted by atomic mass is 35.5. The molecule has 1 saturated heterocycles. The smallest absolute Gasteiger partial charge is 0.288 e. The molecule has 0 spiro atoms. The van der Waals surface area contributed by atoms with E-state index < -0.39 is 10.8 Å². The molecule has 1 amide bonds. The zero-order valence-corrected chi connectivity index (χ0v) is 16.9. The molecule has 0 unspecified atom stereocenters. The molecule has 0 aliphatic carbocycles. The molecule has 1 N–H and O–H groups in total. The van der Waals surface area contributed by atoms with E-state index in [1.165, 1.54) is 23.5 Å². The third kappa shape index (κ3) is 4.11. The fraction of sp³-hybridized carbons (Fsp3) is 0.294. The van der Waals surface area contributed by atoms with Gasteiger partial charge in [-0.3, -0.25) is 20.2 Å². The Morgan fingerprint density at radius 3 is 2.76 bits per heavy atom. The first-order valence-corrected chi connectivity index (χ1v) is 9.92. The number of fused-ring (bicyclic) bond motifs is 1. The third-order valence-electron chi connectivity index (χ3n) is 4.55. The normalized spacial score (nSPS) is 14.9. The average Bonchev–Trinajstić information content (AvgIpc) is 3.10. The van der Waals surface area contributed by atoms with E-state index in [1.807, 2.05) is 0 Å². The number of amides is 1. The molecule has 0 saturated carbocycles. The number of nitro groups is 1. The zero-order chi connectivity index (χ0) is 20.5. The lowest BCUT2D eigenvalue weighted by Gasteiger charge is -2.32. The van der Waals surface area contributed by atoms with Gasteiger partial charge in [0.1, 0.15) is 10.5 Å². The second kappa shape index (κ2) is 7.85. The van der Waals surface area contributed by atoms with E-state index in [1.54, 1.807) is 6.20 Å². The summed E-state index contributed by atoms with van der Waals surface area (Å²) in [5, 5.41) is 14.0. The van der Waals surface area contributed by atoms with Crippen LogP contribution < -0.4 is 10.2 Å². The summed E-state index contributed by atoms with van der Waals surface area (Å²) in [6.07, 6.45) is 1.63. The minimum absolute atomic E-state index is 0.0294. The number of carbonyl (C=O) groups is 1. The predicted molar refractivity (Wildman–Crippen MR) is 111 cm³/mol. The van der Waals surface area contributed by atoms with Crippen LogP contribution in [-0.2, 0) is 0 Å². The van der Waals surface area contributed by atoms with E-state index in [-0.39, 0.29) is 16.3 Å². The van der Waals surface area contributed by atoms with E-state index in [9.17, 15) is 14.9 Å². The van der Waals surface area contributed by atoms with Crippen LogP contribution in [-0.4, -0.2) is 63.9 Å². The molecule has 1 aliphatic rings. The highest BCUT2D eigenvalue weighted by Crippen LogP contribution is 2.28. The molecular weight excluding hydrogens is 418 g/mol. The van der Waals surface area contributed by atoms with Crippen LogP contribution in [0.3, 0.4) is 0 Å². The number of likely N-dealkylation sites (N-methyl/N-ethyl adjacent to an activating group) is 1. The Kier molecular flexibility index (Phi) is 5.26. The fourth-order valence-electron chi connectivity index (χ4n) is 2.90. The van der Waals surface area contributed by atoms with Crippen LogP contribution in [0.15, 0.2) is 24.4 Å². The topological polar surface area (TPSA) is 117 Å². The number of nitrogens with zero attached hydrogens (tertiary/aromatic N) is 6. The van der Waals surface area contributed by atoms with Gasteiger partial charge in [0.15, 0.2) is 9.96 Å². The second-order valence-corrected chi connectivity index (χ2v) is 7.93. The second-order valence-electron chi connectivity index (χ2n) is 6.55. The predicted octanol–water partition coefficient (Wildman–Crippen LogP) is 2.65. The number of hydrogen-bond donors (Lipinski definition) is 1. The zero-order valence-electron chi connectivity index (χ0n) is 15.3. The van der Waals surface area contributed by atoms with Crippen LogP contribution in [0.2, 0.25) is 5.02 Å². The summed E-state index contributed by atoms with van der Waals surface area (Å²) in [6, 6.07) is 3.88. The van der Waals surface area contributed by atoms with Gasteiger partial charge in [-0.15, -0.1) is 0 Å². The van der Waals surface area contributed by atoms with Gasteiger partial charge < -0.3 is 9.80 Å². The summed E-state index contributed by atoms with van der Waals surface area (Å²) in [4.78, 5) is 41.1. The van der Waals surface area contributed by atoms with Crippen LogP contribution in [0.5, 0.6) is 0 Å². The van der Waals surface area contributed by atoms with Crippen LogP contribution in [0.4, 0.5) is 16.8 Å². The molecule has 0 bridgehead atoms. The molecule has 2 aromatic heterocycles. The van der Waals surface area contributed by atoms with Gasteiger partial charge in [-0.05, 0) is 19.2 Å². The van der Waals surface area contributed by atoms with Crippen molar-refractivity contribution in [2.45, 2.75) is 0 Å². The number of benzene rings is 1. The number of carbonyl (C=O) groups excluding carboxylic acids is 1. The number of thiazole rings is 1. The summed E-state index contributed by atoms with van der Waals surface area (Å²) < 4.78 is 0. The molecule has 1 fully saturated rings. The molecule has 29 heavy (non-hydrogen) atoms. The maximum absolute atomic E-state index is 12.5. The summed E-state index contributed by atoms with van der Waals surface area (Å²) >= 11 is 7.01. The van der Waals surface area contributed by atoms with Crippen molar-refractivity contribution in [1.29, 1.82) is 0 Å². The summed E-state index contributed by atoms with van der Waals surface area (Å²) in [6.45, 7) is 3.58. The van der Waals surface area contributed by atoms with Gasteiger partial charge in [0.25, 0.3) is 11.6 Å². The molecule has 4 rings (SSSR count). The van der Waals surface area contributed by atoms with E-state index in [0.717, 1.165) is 32.2 Å². The van der Waals surface area contributed by atoms with Gasteiger partial charge in [-0.1, -0.05) is 22.9 Å². The average molecular weight is 434 g/mol. The first-order valence-electron chi connectivity index (χ1n) is 8.73. The number of rotatable bonds is 4. The van der Waals surface area contributed by atoms with Crippen LogP contribution >= 0.6 is 22.9 Å². The lowest BCUT2D eigenvalue weighted by atomic mass is 10.2. The Hall–Kier alpha value is -2.89. The number of piperazine rings is 1. The molecule has 3 aromatic rings. The minimum atomic E-state index is -0.633. The molecule has 0 radical (unpaired) electrons. The number of anilines is 2. The van der Waals surface area contributed by atoms with E-state index in [4.69, 9.17) is 11.6 Å². The molecule has 150 valence electrons. The van der Waals surface area contributed by atoms with Crippen LogP contribution in [0, 0.1) is 10.1 Å². The van der Waals surface area contributed by atoms with Gasteiger partial charge in [-0.2, -0.15) is 4.98 Å². The van der Waals surface area contributed by atoms with Crippen molar-refractivity contribution >= 4 is 56.0 Å². The first kappa shape index (κ1) is 19.4. The van der Waals surface area contributed by atoms with Crippen molar-refractivity contribution in [2.75, 3.05) is 43.4 Å². The van der Waals surface area contributed by atoms with Gasteiger partial charge in [0.05, 0.1) is 11.1 Å². The highest BCUT2D eigenvalue weighted by Gasteiger charge is 2.19. The van der Waals surface area contributed by atoms with Crippen molar-refractivity contribution in [3.05, 3.63) is 45.1 Å². The Labute approximate surface area is 174 Å². The summed E-state index contributed by atoms with van der Waals surface area (Å²) in [5.41, 5.74) is 0.362. The lowest BCUT2D eigenvalue weighted by molar-refractivity contribution is -0.384. The summed E-state index contributed by atoms with van der Waals surface area (Å²) in [5.74, 6) is 0.122. The monoisotopic (exact) mass is 433 g/mol. The van der Waals surface area contributed by atoms with Crippen LogP contribution in [0.1, 0.15) is 10.4 Å². The molecule has 12 heteroatoms. The molecule has 0 atom stereocenters. The number of nitro benzene ring substituents is 1. The van der Waals surface area contributed by atoms with Crippen molar-refractivity contribution in [1.82, 2.24) is 19.9 Å². The SMILES string of the molecule is CN1CCN(c2ncc3nc(NC(=O)c4ccc(Cl)c([N+](=O)[O-])c4)sc3n2)CC1. The van der Waals surface area contributed by atoms with Gasteiger partial charge in [-0.25, -0.2) is 9.97 Å². The molecule has 1 aliphatic heterocycles. The Bertz CT molecular complexity index is 1100. The van der Waals surface area contributed by atoms with Crippen molar-refractivity contribution in [3.8, 4) is 0 Å². The van der Waals surface area contributed by atoms with E-state index >= 15 is 0 Å². The first-order chi connectivity index (χ1) is 13.9. The molecular formula is C17H16ClN7O3S. The van der Waals surface area contributed by atoms with Gasteiger partial charge in [0, 0.05) is 37.8 Å². The number of halogens is 1. The quantitative estimate of drug-likeness (QED) is 0.492. The Balaban J connectivity index is 1.53. The maximum atomic E-state index is 12.5. The molecule has 10 nitrogen and oxygen atoms in total. The Morgan fingerprint density at radius 2 is 2.03 bits per heavy atom. The highest BCUT2D eigenvalue weighted by molar-refractivity contribution is 7.22. The van der Waals surface area contributed by atoms with Crippen molar-refractivity contribution in [3.63, 3.8) is 0 Å². The van der Waals surface area contributed by atoms with E-state index in [2.05, 4.69) is 37.1 Å². The van der Waals surface area contributed by atoms with Gasteiger partial charge >= 0.3 is 0 Å². The summed E-state index contributed by atoms with van der Waals surface area (Å²) in [7, 11) is 2.08. The molecule has 3 heterocycles. The van der Waals surface area contributed by atoms with Crippen molar-refractivity contribution < 1.29 is 9.72 Å². The number of aromatic nitrogens is 3. The van der Waals surface area contributed by atoms with Gasteiger partial charge in [0.2, 0.25) is 5.95 Å². The van der Waals surface area contributed by atoms with Crippen molar-refractivity contribution in [2.24, 2.45) is 0 Å². The Morgan fingerprint density at radius 1 is 1.28 bits per heavy atom. The van der Waals surface area contributed by atoms with Crippen LogP contribution in [0.25, 0.3) is 10.3 Å². The minimum Gasteiger partial charge on any atom is -0.338 e. The standard InChI is InChI=1S/C17H16ClN7O3S/c1-23-4-6-24(7-5-23)16-19-9-12-15(22-16)29-17(20-12)21-14(26)10-2-3-11(18)13(8-10)25(27)28/h2-3,8-9H,4-7H2,1H3,(H,20,21,26). The fourth-order valence-corrected chi connectivity index (χ4v) is 3.89. The van der Waals surface area contributed by atoms with E-state index in [0.29, 0.717) is 21.4 Å². The largest absolute Gasteiger partial charge is 0.338 e. The third-order valence-corrected chi connectivity index (χ3v) is 5.75. The lowest BCUT2D eigenvalue weighted by Crippen LogP contribution is -2.45. The maximum Gasteiger partial charge on any atom is 0.288 e. The number of nitrogens with one attached hydrogen (secondary N) is 1.